The van der Waals surface area contributed by atoms with Gasteiger partial charge in [-0.15, -0.1) is 0 Å². The number of methoxy groups -OCH3 is 1. The Hall–Kier alpha value is -2.18. The first-order chi connectivity index (χ1) is 9.52. The highest BCUT2D eigenvalue weighted by Gasteiger charge is 2.25. The second kappa shape index (κ2) is 5.85. The van der Waals surface area contributed by atoms with Crippen molar-refractivity contribution in [2.45, 2.75) is 0 Å². The van der Waals surface area contributed by atoms with Crippen molar-refractivity contribution in [2.24, 2.45) is 0 Å². The molecule has 0 spiro atoms. The molecule has 1 fully saturated rings. The van der Waals surface area contributed by atoms with E-state index in [9.17, 15) is 18.4 Å². The Morgan fingerprint density at radius 1 is 1.05 bits per heavy atom. The molecule has 7 heteroatoms. The molecule has 5 nitrogen and oxygen atoms in total. The van der Waals surface area contributed by atoms with Gasteiger partial charge in [0, 0.05) is 31.7 Å². The average Bonchev–Trinajstić information content (AvgIpc) is 2.48. The molecule has 0 bridgehead atoms. The lowest BCUT2D eigenvalue weighted by Gasteiger charge is -2.33. The summed E-state index contributed by atoms with van der Waals surface area (Å²) in [6, 6.07) is 3.05. The predicted molar refractivity (Wildman–Crippen MR) is 66.2 cm³/mol. The van der Waals surface area contributed by atoms with Crippen LogP contribution in [0, 0.1) is 11.6 Å². The third kappa shape index (κ3) is 2.87. The third-order valence-corrected chi connectivity index (χ3v) is 3.17. The standard InChI is InChI=1S/C13H14F2N2O3/c1-20-13(19)17-6-4-16(5-7-17)12(18)9-2-3-10(14)11(15)8-9/h2-3,8H,4-7H2,1H3. The molecule has 20 heavy (non-hydrogen) atoms. The SMILES string of the molecule is COC(=O)N1CCN(C(=O)c2ccc(F)c(F)c2)CC1. The van der Waals surface area contributed by atoms with Gasteiger partial charge in [-0.2, -0.15) is 0 Å². The average molecular weight is 284 g/mol. The van der Waals surface area contributed by atoms with Crippen LogP contribution in [-0.2, 0) is 4.74 Å². The number of hydrogen-bond donors (Lipinski definition) is 0. The first-order valence-electron chi connectivity index (χ1n) is 6.10. The molecule has 108 valence electrons. The molecule has 0 unspecified atom stereocenters. The number of nitrogens with zero attached hydrogens (tertiary/aromatic N) is 2. The Labute approximate surface area is 114 Å². The first-order valence-corrected chi connectivity index (χ1v) is 6.10. The molecular weight excluding hydrogens is 270 g/mol. The Kier molecular flexibility index (Phi) is 4.16. The monoisotopic (exact) mass is 284 g/mol. The van der Waals surface area contributed by atoms with Crippen LogP contribution < -0.4 is 0 Å². The van der Waals surface area contributed by atoms with Crippen molar-refractivity contribution in [3.05, 3.63) is 35.4 Å². The molecule has 1 aliphatic heterocycles. The van der Waals surface area contributed by atoms with Crippen LogP contribution in [0.1, 0.15) is 10.4 Å². The molecule has 1 aromatic rings. The minimum atomic E-state index is -1.05. The highest BCUT2D eigenvalue weighted by Crippen LogP contribution is 2.13. The van der Waals surface area contributed by atoms with Gasteiger partial charge in [-0.3, -0.25) is 4.79 Å². The van der Waals surface area contributed by atoms with Gasteiger partial charge in [-0.25, -0.2) is 13.6 Å². The zero-order chi connectivity index (χ0) is 14.7. The van der Waals surface area contributed by atoms with E-state index in [2.05, 4.69) is 4.74 Å². The Bertz CT molecular complexity index is 528. The minimum absolute atomic E-state index is 0.0930. The largest absolute Gasteiger partial charge is 0.453 e. The molecule has 1 aliphatic rings. The van der Waals surface area contributed by atoms with E-state index >= 15 is 0 Å². The maximum Gasteiger partial charge on any atom is 0.409 e. The Morgan fingerprint density at radius 3 is 2.20 bits per heavy atom. The van der Waals surface area contributed by atoms with Gasteiger partial charge in [0.25, 0.3) is 5.91 Å². The lowest BCUT2D eigenvalue weighted by Crippen LogP contribution is -2.50. The van der Waals surface area contributed by atoms with E-state index in [4.69, 9.17) is 0 Å². The molecule has 0 saturated carbocycles. The van der Waals surface area contributed by atoms with Gasteiger partial charge in [0.1, 0.15) is 0 Å². The van der Waals surface area contributed by atoms with Crippen LogP contribution in [0.15, 0.2) is 18.2 Å². The van der Waals surface area contributed by atoms with Gasteiger partial charge in [-0.05, 0) is 18.2 Å². The summed E-state index contributed by atoms with van der Waals surface area (Å²) in [5.41, 5.74) is 0.0930. The van der Waals surface area contributed by atoms with E-state index in [1.165, 1.54) is 23.0 Å². The Balaban J connectivity index is 2.01. The van der Waals surface area contributed by atoms with Crippen LogP contribution in [0.25, 0.3) is 0 Å². The highest BCUT2D eigenvalue weighted by molar-refractivity contribution is 5.94. The van der Waals surface area contributed by atoms with E-state index in [0.717, 1.165) is 12.1 Å². The second-order valence-electron chi connectivity index (χ2n) is 4.38. The van der Waals surface area contributed by atoms with Crippen molar-refractivity contribution >= 4 is 12.0 Å². The number of rotatable bonds is 1. The maximum absolute atomic E-state index is 13.1. The normalized spacial score (nSPS) is 15.2. The minimum Gasteiger partial charge on any atom is -0.453 e. The lowest BCUT2D eigenvalue weighted by molar-refractivity contribution is 0.0599. The summed E-state index contributed by atoms with van der Waals surface area (Å²) >= 11 is 0. The van der Waals surface area contributed by atoms with Crippen molar-refractivity contribution < 1.29 is 23.1 Å². The molecule has 2 amide bonds. The number of benzene rings is 1. The van der Waals surface area contributed by atoms with Crippen LogP contribution in [-0.4, -0.2) is 55.1 Å². The molecular formula is C13H14F2N2O3. The summed E-state index contributed by atoms with van der Waals surface area (Å²) < 4.78 is 30.5. The number of carbonyl (C=O) groups excluding carboxylic acids is 2. The van der Waals surface area contributed by atoms with Crippen molar-refractivity contribution in [2.75, 3.05) is 33.3 Å². The van der Waals surface area contributed by atoms with E-state index in [0.29, 0.717) is 26.2 Å². The Morgan fingerprint density at radius 2 is 1.65 bits per heavy atom. The second-order valence-corrected chi connectivity index (χ2v) is 4.38. The molecule has 0 atom stereocenters. The summed E-state index contributed by atoms with van der Waals surface area (Å²) in [5.74, 6) is -2.42. The van der Waals surface area contributed by atoms with Crippen molar-refractivity contribution in [3.8, 4) is 0 Å². The van der Waals surface area contributed by atoms with Crippen LogP contribution in [0.3, 0.4) is 0 Å². The summed E-state index contributed by atoms with van der Waals surface area (Å²) in [6.07, 6.45) is -0.440. The van der Waals surface area contributed by atoms with Gasteiger partial charge in [0.2, 0.25) is 0 Å². The lowest BCUT2D eigenvalue weighted by atomic mass is 10.1. The molecule has 2 rings (SSSR count). The van der Waals surface area contributed by atoms with E-state index in [1.807, 2.05) is 0 Å². The summed E-state index contributed by atoms with van der Waals surface area (Å²) in [5, 5.41) is 0. The van der Waals surface area contributed by atoms with Crippen LogP contribution in [0.4, 0.5) is 13.6 Å². The fourth-order valence-electron chi connectivity index (χ4n) is 2.03. The van der Waals surface area contributed by atoms with Crippen molar-refractivity contribution in [1.82, 2.24) is 9.80 Å². The zero-order valence-corrected chi connectivity index (χ0v) is 10.9. The van der Waals surface area contributed by atoms with Crippen molar-refractivity contribution in [3.63, 3.8) is 0 Å². The fourth-order valence-corrected chi connectivity index (χ4v) is 2.03. The zero-order valence-electron chi connectivity index (χ0n) is 10.9. The summed E-state index contributed by atoms with van der Waals surface area (Å²) in [4.78, 5) is 26.4. The number of ether oxygens (including phenoxy) is 1. The molecule has 0 aliphatic carbocycles. The van der Waals surface area contributed by atoms with Crippen LogP contribution >= 0.6 is 0 Å². The summed E-state index contributed by atoms with van der Waals surface area (Å²) in [7, 11) is 1.29. The van der Waals surface area contributed by atoms with E-state index in [-0.39, 0.29) is 11.5 Å². The van der Waals surface area contributed by atoms with E-state index in [1.54, 1.807) is 0 Å². The van der Waals surface area contributed by atoms with Gasteiger partial charge < -0.3 is 14.5 Å². The number of piperazine rings is 1. The van der Waals surface area contributed by atoms with Crippen molar-refractivity contribution in [1.29, 1.82) is 0 Å². The van der Waals surface area contributed by atoms with Gasteiger partial charge in [0.05, 0.1) is 7.11 Å². The topological polar surface area (TPSA) is 49.9 Å². The number of hydrogen-bond acceptors (Lipinski definition) is 3. The molecule has 0 aromatic heterocycles. The molecule has 0 radical (unpaired) electrons. The molecule has 0 N–H and O–H groups in total. The summed E-state index contributed by atoms with van der Waals surface area (Å²) in [6.45, 7) is 1.35. The molecule has 1 heterocycles. The van der Waals surface area contributed by atoms with Gasteiger partial charge >= 0.3 is 6.09 Å². The number of halogens is 2. The molecule has 1 saturated heterocycles. The smallest absolute Gasteiger partial charge is 0.409 e. The van der Waals surface area contributed by atoms with Crippen LogP contribution in [0.5, 0.6) is 0 Å². The van der Waals surface area contributed by atoms with Crippen LogP contribution in [0.2, 0.25) is 0 Å². The van der Waals surface area contributed by atoms with Gasteiger partial charge in [0.15, 0.2) is 11.6 Å². The van der Waals surface area contributed by atoms with E-state index < -0.39 is 17.7 Å². The molecule has 1 aromatic carbocycles. The quantitative estimate of drug-likeness (QED) is 0.785. The fraction of sp³-hybridized carbons (Fsp3) is 0.385. The number of amides is 2. The predicted octanol–water partition coefficient (Wildman–Crippen LogP) is 1.49. The highest BCUT2D eigenvalue weighted by atomic mass is 19.2. The van der Waals surface area contributed by atoms with Gasteiger partial charge in [-0.1, -0.05) is 0 Å². The number of carbonyl (C=O) groups is 2. The maximum atomic E-state index is 13.1. The third-order valence-electron chi connectivity index (χ3n) is 3.17. The first kappa shape index (κ1) is 14.2.